The lowest BCUT2D eigenvalue weighted by atomic mass is 10.4. The zero-order valence-corrected chi connectivity index (χ0v) is 8.76. The van der Waals surface area contributed by atoms with E-state index in [1.807, 2.05) is 0 Å². The maximum Gasteiger partial charge on any atom is 0.390 e. The lowest BCUT2D eigenvalue weighted by Gasteiger charge is -2.07. The summed E-state index contributed by atoms with van der Waals surface area (Å²) in [7, 11) is 0. The van der Waals surface area contributed by atoms with Crippen LogP contribution in [0, 0.1) is 0 Å². The Bertz CT molecular complexity index is 132. The Morgan fingerprint density at radius 3 is 2.43 bits per heavy atom. The van der Waals surface area contributed by atoms with Gasteiger partial charge in [0.2, 0.25) is 0 Å². The minimum atomic E-state index is -4.06. The molecule has 0 saturated heterocycles. The monoisotopic (exact) mass is 231 g/mol. The Morgan fingerprint density at radius 2 is 1.86 bits per heavy atom. The number of aliphatic hydroxyl groups is 1. The molecule has 2 N–H and O–H groups in total. The van der Waals surface area contributed by atoms with E-state index in [-0.39, 0.29) is 13.2 Å². The minimum Gasteiger partial charge on any atom is -0.396 e. The molecule has 0 spiro atoms. The molecule has 0 amide bonds. The highest BCUT2D eigenvalue weighted by molar-refractivity contribution is 7.99. The van der Waals surface area contributed by atoms with Gasteiger partial charge in [0, 0.05) is 25.4 Å². The zero-order valence-electron chi connectivity index (χ0n) is 7.94. The highest BCUT2D eigenvalue weighted by Gasteiger charge is 2.25. The maximum absolute atomic E-state index is 11.7. The normalized spacial score (nSPS) is 12.0. The SMILES string of the molecule is OCCCSCCNCCC(F)(F)F. The summed E-state index contributed by atoms with van der Waals surface area (Å²) in [4.78, 5) is 0. The molecule has 0 saturated carbocycles. The molecule has 0 aromatic rings. The molecule has 0 atom stereocenters. The lowest BCUT2D eigenvalue weighted by Crippen LogP contribution is -2.23. The van der Waals surface area contributed by atoms with Crippen molar-refractivity contribution in [1.29, 1.82) is 0 Å². The molecule has 0 aliphatic carbocycles. The first-order valence-electron chi connectivity index (χ1n) is 4.52. The first-order valence-corrected chi connectivity index (χ1v) is 5.68. The van der Waals surface area contributed by atoms with Crippen molar-refractivity contribution in [1.82, 2.24) is 5.32 Å². The number of halogens is 3. The summed E-state index contributed by atoms with van der Waals surface area (Å²) in [6.45, 7) is 0.755. The molecule has 0 fully saturated rings. The molecular formula is C8H16F3NOS. The second-order valence-corrected chi connectivity index (χ2v) is 4.03. The van der Waals surface area contributed by atoms with Crippen LogP contribution in [-0.2, 0) is 0 Å². The summed E-state index contributed by atoms with van der Waals surface area (Å²) in [5, 5.41) is 11.2. The van der Waals surface area contributed by atoms with E-state index >= 15 is 0 Å². The smallest absolute Gasteiger partial charge is 0.390 e. The van der Waals surface area contributed by atoms with Crippen molar-refractivity contribution in [2.75, 3.05) is 31.2 Å². The molecule has 0 aliphatic heterocycles. The molecule has 0 heterocycles. The van der Waals surface area contributed by atoms with Crippen LogP contribution in [0.2, 0.25) is 0 Å². The zero-order chi connectivity index (χ0) is 10.9. The van der Waals surface area contributed by atoms with Gasteiger partial charge in [0.05, 0.1) is 6.42 Å². The maximum atomic E-state index is 11.7. The van der Waals surface area contributed by atoms with E-state index in [1.165, 1.54) is 0 Å². The molecule has 0 aromatic heterocycles. The van der Waals surface area contributed by atoms with Crippen molar-refractivity contribution in [2.45, 2.75) is 19.0 Å². The van der Waals surface area contributed by atoms with E-state index in [0.717, 1.165) is 17.9 Å². The molecular weight excluding hydrogens is 215 g/mol. The largest absolute Gasteiger partial charge is 0.396 e. The number of nitrogens with one attached hydrogen (secondary N) is 1. The van der Waals surface area contributed by atoms with Gasteiger partial charge in [-0.15, -0.1) is 0 Å². The Hall–Kier alpha value is 0.0600. The molecule has 0 radical (unpaired) electrons. The second-order valence-electron chi connectivity index (χ2n) is 2.80. The lowest BCUT2D eigenvalue weighted by molar-refractivity contribution is -0.133. The molecule has 0 aliphatic rings. The number of aliphatic hydroxyl groups excluding tert-OH is 1. The van der Waals surface area contributed by atoms with Gasteiger partial charge in [-0.2, -0.15) is 24.9 Å². The molecule has 2 nitrogen and oxygen atoms in total. The summed E-state index contributed by atoms with van der Waals surface area (Å²) in [6.07, 6.45) is -4.08. The van der Waals surface area contributed by atoms with Crippen molar-refractivity contribution in [2.24, 2.45) is 0 Å². The van der Waals surface area contributed by atoms with Crippen LogP contribution >= 0.6 is 11.8 Å². The van der Waals surface area contributed by atoms with Gasteiger partial charge in [-0.3, -0.25) is 0 Å². The van der Waals surface area contributed by atoms with E-state index in [4.69, 9.17) is 5.11 Å². The summed E-state index contributed by atoms with van der Waals surface area (Å²) in [5.74, 6) is 1.65. The Kier molecular flexibility index (Phi) is 8.41. The average Bonchev–Trinajstić information content (AvgIpc) is 2.08. The number of thioether (sulfide) groups is 1. The van der Waals surface area contributed by atoms with Crippen LogP contribution in [0.1, 0.15) is 12.8 Å². The highest BCUT2D eigenvalue weighted by Crippen LogP contribution is 2.17. The van der Waals surface area contributed by atoms with Gasteiger partial charge in [0.15, 0.2) is 0 Å². The van der Waals surface area contributed by atoms with E-state index < -0.39 is 12.6 Å². The van der Waals surface area contributed by atoms with Gasteiger partial charge < -0.3 is 10.4 Å². The fraction of sp³-hybridized carbons (Fsp3) is 1.00. The van der Waals surface area contributed by atoms with Gasteiger partial charge in [0.25, 0.3) is 0 Å². The van der Waals surface area contributed by atoms with Gasteiger partial charge in [-0.25, -0.2) is 0 Å². The first kappa shape index (κ1) is 14.1. The number of hydrogen-bond donors (Lipinski definition) is 2. The predicted octanol–water partition coefficient (Wildman–Crippen LogP) is 1.64. The molecule has 14 heavy (non-hydrogen) atoms. The van der Waals surface area contributed by atoms with Crippen LogP contribution in [0.15, 0.2) is 0 Å². The molecule has 0 unspecified atom stereocenters. The van der Waals surface area contributed by atoms with Crippen molar-refractivity contribution in [3.8, 4) is 0 Å². The third kappa shape index (κ3) is 12.1. The molecule has 0 bridgehead atoms. The summed E-state index contributed by atoms with van der Waals surface area (Å²) in [6, 6.07) is 0. The van der Waals surface area contributed by atoms with E-state index in [1.54, 1.807) is 11.8 Å². The quantitative estimate of drug-likeness (QED) is 0.623. The van der Waals surface area contributed by atoms with Crippen molar-refractivity contribution >= 4 is 11.8 Å². The fourth-order valence-corrected chi connectivity index (χ4v) is 1.59. The van der Waals surface area contributed by atoms with Gasteiger partial charge in [-0.05, 0) is 12.2 Å². The van der Waals surface area contributed by atoms with E-state index in [0.29, 0.717) is 6.54 Å². The molecule has 86 valence electrons. The van der Waals surface area contributed by atoms with Gasteiger partial charge in [-0.1, -0.05) is 0 Å². The van der Waals surface area contributed by atoms with Crippen LogP contribution in [-0.4, -0.2) is 42.5 Å². The molecule has 0 aromatic carbocycles. The fourth-order valence-electron chi connectivity index (χ4n) is 0.768. The molecule has 0 rings (SSSR count). The number of hydrogen-bond acceptors (Lipinski definition) is 3. The van der Waals surface area contributed by atoms with Gasteiger partial charge in [0.1, 0.15) is 0 Å². The van der Waals surface area contributed by atoms with Crippen LogP contribution in [0.4, 0.5) is 13.2 Å². The standard InChI is InChI=1S/C8H16F3NOS/c9-8(10,11)2-3-12-4-7-14-6-1-5-13/h12-13H,1-7H2. The van der Waals surface area contributed by atoms with Crippen molar-refractivity contribution in [3.05, 3.63) is 0 Å². The minimum absolute atomic E-state index is 0.00986. The Morgan fingerprint density at radius 1 is 1.14 bits per heavy atom. The van der Waals surface area contributed by atoms with Crippen LogP contribution in [0.3, 0.4) is 0 Å². The molecule has 6 heteroatoms. The summed E-state index contributed by atoms with van der Waals surface area (Å²) >= 11 is 1.63. The first-order chi connectivity index (χ1) is 6.56. The van der Waals surface area contributed by atoms with E-state index in [2.05, 4.69) is 5.32 Å². The Balaban J connectivity index is 2.99. The second kappa shape index (κ2) is 8.38. The predicted molar refractivity (Wildman–Crippen MR) is 52.6 cm³/mol. The van der Waals surface area contributed by atoms with Crippen molar-refractivity contribution in [3.63, 3.8) is 0 Å². The van der Waals surface area contributed by atoms with Crippen molar-refractivity contribution < 1.29 is 18.3 Å². The van der Waals surface area contributed by atoms with Crippen LogP contribution in [0.5, 0.6) is 0 Å². The van der Waals surface area contributed by atoms with Crippen LogP contribution < -0.4 is 5.32 Å². The third-order valence-electron chi connectivity index (χ3n) is 1.46. The third-order valence-corrected chi connectivity index (χ3v) is 2.53. The summed E-state index contributed by atoms with van der Waals surface area (Å²) in [5.41, 5.74) is 0. The number of rotatable bonds is 8. The highest BCUT2D eigenvalue weighted by atomic mass is 32.2. The topological polar surface area (TPSA) is 32.3 Å². The average molecular weight is 231 g/mol. The van der Waals surface area contributed by atoms with Gasteiger partial charge >= 0.3 is 6.18 Å². The van der Waals surface area contributed by atoms with Crippen LogP contribution in [0.25, 0.3) is 0 Å². The Labute approximate surface area is 86.3 Å². The summed E-state index contributed by atoms with van der Waals surface area (Å²) < 4.78 is 35.0. The van der Waals surface area contributed by atoms with E-state index in [9.17, 15) is 13.2 Å². The number of alkyl halides is 3.